The lowest BCUT2D eigenvalue weighted by Gasteiger charge is -2.07. The van der Waals surface area contributed by atoms with Gasteiger partial charge < -0.3 is 9.47 Å². The third-order valence-electron chi connectivity index (χ3n) is 2.45. The van der Waals surface area contributed by atoms with Gasteiger partial charge in [-0.2, -0.15) is 0 Å². The molecule has 11 heteroatoms. The molecule has 0 aliphatic heterocycles. The Kier molecular flexibility index (Phi) is 7.28. The fourth-order valence-corrected chi connectivity index (χ4v) is 3.79. The second kappa shape index (κ2) is 9.21. The number of ether oxygens (including phenoxy) is 2. The number of nitrogens with one attached hydrogen (secondary N) is 1. The Balaban J connectivity index is 1.82. The molecule has 1 heterocycles. The van der Waals surface area contributed by atoms with E-state index < -0.39 is 0 Å². The zero-order valence-electron chi connectivity index (χ0n) is 12.2. The average Bonchev–Trinajstić information content (AvgIpc) is 2.99. The smallest absolute Gasteiger partial charge is 0.316 e. The number of carbonyl (C=O) groups excluding carboxylic acids is 2. The molecule has 1 aromatic heterocycles. The van der Waals surface area contributed by atoms with E-state index in [4.69, 9.17) is 16.3 Å². The summed E-state index contributed by atoms with van der Waals surface area (Å²) in [6.45, 7) is -0.190. The second-order valence-corrected chi connectivity index (χ2v) is 7.64. The van der Waals surface area contributed by atoms with E-state index in [0.717, 1.165) is 11.3 Å². The van der Waals surface area contributed by atoms with Crippen molar-refractivity contribution in [2.24, 2.45) is 0 Å². The lowest BCUT2D eigenvalue weighted by atomic mass is 10.3. The molecular formula is C13H11BrClN3O4S2. The van der Waals surface area contributed by atoms with Crippen molar-refractivity contribution in [2.75, 3.05) is 24.8 Å². The van der Waals surface area contributed by atoms with Gasteiger partial charge in [0.15, 0.2) is 10.9 Å². The molecule has 0 saturated heterocycles. The van der Waals surface area contributed by atoms with E-state index >= 15 is 0 Å². The quantitative estimate of drug-likeness (QED) is 0.392. The summed E-state index contributed by atoms with van der Waals surface area (Å²) in [7, 11) is 1.31. The van der Waals surface area contributed by atoms with Crippen LogP contribution in [0, 0.1) is 0 Å². The van der Waals surface area contributed by atoms with Crippen molar-refractivity contribution in [3.05, 3.63) is 27.7 Å². The normalized spacial score (nSPS) is 10.3. The van der Waals surface area contributed by atoms with E-state index in [1.807, 2.05) is 0 Å². The van der Waals surface area contributed by atoms with Gasteiger partial charge >= 0.3 is 5.97 Å². The van der Waals surface area contributed by atoms with Gasteiger partial charge in [0.1, 0.15) is 5.75 Å². The van der Waals surface area contributed by atoms with Crippen LogP contribution in [0.5, 0.6) is 5.75 Å². The van der Waals surface area contributed by atoms with E-state index in [1.165, 1.54) is 18.9 Å². The summed E-state index contributed by atoms with van der Waals surface area (Å²) in [4.78, 5) is 22.9. The molecule has 0 unspecified atom stereocenters. The first kappa shape index (κ1) is 19.0. The highest BCUT2D eigenvalue weighted by Crippen LogP contribution is 2.28. The van der Waals surface area contributed by atoms with Gasteiger partial charge in [-0.3, -0.25) is 14.9 Å². The maximum absolute atomic E-state index is 11.9. The predicted molar refractivity (Wildman–Crippen MR) is 95.9 cm³/mol. The fourth-order valence-electron chi connectivity index (χ4n) is 1.39. The van der Waals surface area contributed by atoms with Crippen molar-refractivity contribution in [1.29, 1.82) is 0 Å². The number of hydrogen-bond acceptors (Lipinski definition) is 8. The van der Waals surface area contributed by atoms with Crippen molar-refractivity contribution in [1.82, 2.24) is 10.2 Å². The fraction of sp³-hybridized carbons (Fsp3) is 0.231. The molecule has 0 saturated carbocycles. The molecule has 0 aliphatic rings. The number of amides is 1. The molecule has 24 heavy (non-hydrogen) atoms. The third-order valence-corrected chi connectivity index (χ3v) is 5.25. The molecule has 128 valence electrons. The molecule has 2 rings (SSSR count). The van der Waals surface area contributed by atoms with Gasteiger partial charge in [-0.1, -0.05) is 34.7 Å². The topological polar surface area (TPSA) is 90.4 Å². The maximum atomic E-state index is 11.9. The third kappa shape index (κ3) is 5.93. The summed E-state index contributed by atoms with van der Waals surface area (Å²) < 4.78 is 11.1. The maximum Gasteiger partial charge on any atom is 0.316 e. The Hall–Kier alpha value is -1.36. The van der Waals surface area contributed by atoms with E-state index in [2.05, 4.69) is 36.2 Å². The number of carbonyl (C=O) groups is 2. The predicted octanol–water partition coefficient (Wildman–Crippen LogP) is 3.24. The minimum atomic E-state index is -0.377. The number of nitrogens with zero attached hydrogens (tertiary/aromatic N) is 2. The summed E-state index contributed by atoms with van der Waals surface area (Å²) in [5, 5.41) is 11.1. The molecule has 0 aliphatic carbocycles. The van der Waals surface area contributed by atoms with Crippen LogP contribution in [0.2, 0.25) is 5.02 Å². The van der Waals surface area contributed by atoms with Crippen LogP contribution in [0.4, 0.5) is 5.13 Å². The average molecular weight is 453 g/mol. The number of rotatable bonds is 7. The van der Waals surface area contributed by atoms with Crippen LogP contribution in [0.25, 0.3) is 0 Å². The highest BCUT2D eigenvalue weighted by Gasteiger charge is 2.11. The Labute approximate surface area is 159 Å². The number of aromatic nitrogens is 2. The number of halogens is 2. The molecule has 1 amide bonds. The van der Waals surface area contributed by atoms with Crippen molar-refractivity contribution >= 4 is 67.6 Å². The van der Waals surface area contributed by atoms with Gasteiger partial charge in [0.25, 0.3) is 5.91 Å². The molecule has 2 aromatic rings. The number of hydrogen-bond donors (Lipinski definition) is 1. The van der Waals surface area contributed by atoms with Crippen LogP contribution in [0.15, 0.2) is 27.0 Å². The SMILES string of the molecule is COC(=O)CSc1nnc(NC(=O)COc2ccc(Cl)cc2Br)s1. The van der Waals surface area contributed by atoms with Crippen LogP contribution in [-0.4, -0.2) is 41.5 Å². The molecule has 1 aromatic carbocycles. The Bertz CT molecular complexity index is 744. The largest absolute Gasteiger partial charge is 0.483 e. The number of thioether (sulfide) groups is 1. The first-order chi connectivity index (χ1) is 11.5. The van der Waals surface area contributed by atoms with Gasteiger partial charge in [-0.25, -0.2) is 0 Å². The van der Waals surface area contributed by atoms with Gasteiger partial charge in [0, 0.05) is 5.02 Å². The Morgan fingerprint density at radius 2 is 2.21 bits per heavy atom. The van der Waals surface area contributed by atoms with Crippen molar-refractivity contribution < 1.29 is 19.1 Å². The van der Waals surface area contributed by atoms with E-state index in [1.54, 1.807) is 18.2 Å². The highest BCUT2D eigenvalue weighted by atomic mass is 79.9. The van der Waals surface area contributed by atoms with Crippen LogP contribution < -0.4 is 10.1 Å². The number of esters is 1. The van der Waals surface area contributed by atoms with Crippen LogP contribution in [0.3, 0.4) is 0 Å². The van der Waals surface area contributed by atoms with Gasteiger partial charge in [-0.15, -0.1) is 10.2 Å². The van der Waals surface area contributed by atoms with E-state index in [-0.39, 0.29) is 24.2 Å². The molecular weight excluding hydrogens is 442 g/mol. The molecule has 0 atom stereocenters. The zero-order valence-corrected chi connectivity index (χ0v) is 16.2. The van der Waals surface area contributed by atoms with Gasteiger partial charge in [-0.05, 0) is 34.1 Å². The molecule has 0 radical (unpaired) electrons. The monoisotopic (exact) mass is 451 g/mol. The van der Waals surface area contributed by atoms with Gasteiger partial charge in [0.2, 0.25) is 5.13 Å². The van der Waals surface area contributed by atoms with Crippen LogP contribution >= 0.6 is 50.6 Å². The van der Waals surface area contributed by atoms with Crippen molar-refractivity contribution in [3.63, 3.8) is 0 Å². The number of methoxy groups -OCH3 is 1. The summed E-state index contributed by atoms with van der Waals surface area (Å²) in [6.07, 6.45) is 0. The lowest BCUT2D eigenvalue weighted by Crippen LogP contribution is -2.20. The van der Waals surface area contributed by atoms with Crippen LogP contribution in [0.1, 0.15) is 0 Å². The van der Waals surface area contributed by atoms with E-state index in [0.29, 0.717) is 24.7 Å². The molecule has 0 fully saturated rings. The molecule has 0 spiro atoms. The number of benzene rings is 1. The van der Waals surface area contributed by atoms with E-state index in [9.17, 15) is 9.59 Å². The first-order valence-electron chi connectivity index (χ1n) is 6.38. The molecule has 0 bridgehead atoms. The van der Waals surface area contributed by atoms with Crippen molar-refractivity contribution in [2.45, 2.75) is 4.34 Å². The number of anilines is 1. The molecule has 1 N–H and O–H groups in total. The Morgan fingerprint density at radius 3 is 2.92 bits per heavy atom. The second-order valence-electron chi connectivity index (χ2n) is 4.15. The minimum Gasteiger partial charge on any atom is -0.483 e. The summed E-state index contributed by atoms with van der Waals surface area (Å²) >= 11 is 11.5. The summed E-state index contributed by atoms with van der Waals surface area (Å²) in [5.74, 6) is -0.103. The van der Waals surface area contributed by atoms with Crippen LogP contribution in [-0.2, 0) is 14.3 Å². The summed E-state index contributed by atoms with van der Waals surface area (Å²) in [6, 6.07) is 4.99. The standard InChI is InChI=1S/C13H11BrClN3O4S2/c1-21-11(20)6-23-13-18-17-12(24-13)16-10(19)5-22-9-3-2-7(15)4-8(9)14/h2-4H,5-6H2,1H3,(H,16,17,19). The molecule has 7 nitrogen and oxygen atoms in total. The zero-order chi connectivity index (χ0) is 17.5. The highest BCUT2D eigenvalue weighted by molar-refractivity contribution is 9.10. The summed E-state index contributed by atoms with van der Waals surface area (Å²) in [5.41, 5.74) is 0. The first-order valence-corrected chi connectivity index (χ1v) is 9.36. The lowest BCUT2D eigenvalue weighted by molar-refractivity contribution is -0.137. The minimum absolute atomic E-state index is 0.132. The Morgan fingerprint density at radius 1 is 1.42 bits per heavy atom. The van der Waals surface area contributed by atoms with Gasteiger partial charge in [0.05, 0.1) is 17.3 Å². The van der Waals surface area contributed by atoms with Crippen molar-refractivity contribution in [3.8, 4) is 5.75 Å².